The second-order valence-electron chi connectivity index (χ2n) is 5.31. The molecule has 3 rings (SSSR count). The third-order valence-corrected chi connectivity index (χ3v) is 3.58. The standard InChI is InChI=1S/C15H20N4O/c1-11-4-2-5-12(8-11)15-18-14(20-19-15)10-17-13-6-3-7-16-9-13/h2,4-5,8,13,16-17H,3,6-7,9-10H2,1H3. The van der Waals surface area contributed by atoms with Crippen molar-refractivity contribution in [1.29, 1.82) is 0 Å². The predicted octanol–water partition coefficient (Wildman–Crippen LogP) is 1.89. The molecule has 2 N–H and O–H groups in total. The van der Waals surface area contributed by atoms with Gasteiger partial charge in [0.15, 0.2) is 0 Å². The maximum Gasteiger partial charge on any atom is 0.240 e. The molecule has 1 atom stereocenters. The van der Waals surface area contributed by atoms with E-state index in [-0.39, 0.29) is 0 Å². The molecule has 0 radical (unpaired) electrons. The molecule has 1 saturated heterocycles. The molecule has 1 fully saturated rings. The van der Waals surface area contributed by atoms with E-state index in [0.29, 0.717) is 24.3 Å². The molecule has 20 heavy (non-hydrogen) atoms. The van der Waals surface area contributed by atoms with Crippen molar-refractivity contribution < 1.29 is 4.52 Å². The van der Waals surface area contributed by atoms with Gasteiger partial charge < -0.3 is 15.2 Å². The van der Waals surface area contributed by atoms with Crippen molar-refractivity contribution in [2.75, 3.05) is 13.1 Å². The van der Waals surface area contributed by atoms with E-state index in [4.69, 9.17) is 4.52 Å². The molecule has 0 saturated carbocycles. The quantitative estimate of drug-likeness (QED) is 0.890. The average molecular weight is 272 g/mol. The van der Waals surface area contributed by atoms with Crippen LogP contribution in [0.3, 0.4) is 0 Å². The zero-order chi connectivity index (χ0) is 13.8. The van der Waals surface area contributed by atoms with Crippen molar-refractivity contribution >= 4 is 0 Å². The van der Waals surface area contributed by atoms with Gasteiger partial charge in [0, 0.05) is 18.2 Å². The van der Waals surface area contributed by atoms with E-state index in [1.165, 1.54) is 18.4 Å². The van der Waals surface area contributed by atoms with Crippen molar-refractivity contribution in [2.24, 2.45) is 0 Å². The van der Waals surface area contributed by atoms with Crippen LogP contribution in [0, 0.1) is 6.92 Å². The first-order valence-electron chi connectivity index (χ1n) is 7.15. The largest absolute Gasteiger partial charge is 0.338 e. The Morgan fingerprint density at radius 3 is 3.20 bits per heavy atom. The van der Waals surface area contributed by atoms with Gasteiger partial charge in [0.2, 0.25) is 11.7 Å². The lowest BCUT2D eigenvalue weighted by Gasteiger charge is -2.22. The summed E-state index contributed by atoms with van der Waals surface area (Å²) >= 11 is 0. The molecule has 1 unspecified atom stereocenters. The van der Waals surface area contributed by atoms with E-state index in [0.717, 1.165) is 18.7 Å². The van der Waals surface area contributed by atoms with Crippen LogP contribution in [0.4, 0.5) is 0 Å². The van der Waals surface area contributed by atoms with Gasteiger partial charge in [-0.25, -0.2) is 0 Å². The zero-order valence-electron chi connectivity index (χ0n) is 11.7. The number of hydrogen-bond acceptors (Lipinski definition) is 5. The zero-order valence-corrected chi connectivity index (χ0v) is 11.7. The van der Waals surface area contributed by atoms with Gasteiger partial charge in [0.05, 0.1) is 6.54 Å². The lowest BCUT2D eigenvalue weighted by molar-refractivity contribution is 0.335. The number of benzene rings is 1. The highest BCUT2D eigenvalue weighted by Crippen LogP contribution is 2.17. The molecule has 0 aliphatic carbocycles. The third kappa shape index (κ3) is 3.23. The Hall–Kier alpha value is -1.72. The van der Waals surface area contributed by atoms with Crippen LogP contribution >= 0.6 is 0 Å². The van der Waals surface area contributed by atoms with Gasteiger partial charge in [-0.2, -0.15) is 4.98 Å². The van der Waals surface area contributed by atoms with E-state index in [1.807, 2.05) is 12.1 Å². The summed E-state index contributed by atoms with van der Waals surface area (Å²) in [6.45, 7) is 4.82. The first-order valence-corrected chi connectivity index (χ1v) is 7.15. The van der Waals surface area contributed by atoms with E-state index in [1.54, 1.807) is 0 Å². The van der Waals surface area contributed by atoms with Crippen LogP contribution in [0.5, 0.6) is 0 Å². The van der Waals surface area contributed by atoms with Crippen LogP contribution in [0.1, 0.15) is 24.3 Å². The highest BCUT2D eigenvalue weighted by Gasteiger charge is 2.14. The lowest BCUT2D eigenvalue weighted by atomic mass is 10.1. The van der Waals surface area contributed by atoms with Gasteiger partial charge >= 0.3 is 0 Å². The average Bonchev–Trinajstić information content (AvgIpc) is 2.95. The van der Waals surface area contributed by atoms with Gasteiger partial charge in [0.1, 0.15) is 0 Å². The molecule has 2 heterocycles. The third-order valence-electron chi connectivity index (χ3n) is 3.58. The number of piperidine rings is 1. The molecule has 0 amide bonds. The van der Waals surface area contributed by atoms with E-state index in [9.17, 15) is 0 Å². The molecule has 1 aromatic carbocycles. The summed E-state index contributed by atoms with van der Waals surface area (Å²) in [5.41, 5.74) is 2.19. The first-order chi connectivity index (χ1) is 9.81. The number of hydrogen-bond donors (Lipinski definition) is 2. The second kappa shape index (κ2) is 6.15. The van der Waals surface area contributed by atoms with Gasteiger partial charge in [-0.05, 0) is 32.4 Å². The van der Waals surface area contributed by atoms with Crippen LogP contribution in [-0.4, -0.2) is 29.3 Å². The van der Waals surface area contributed by atoms with Crippen LogP contribution in [-0.2, 0) is 6.54 Å². The fourth-order valence-corrected chi connectivity index (χ4v) is 2.49. The molecule has 5 nitrogen and oxygen atoms in total. The normalized spacial score (nSPS) is 19.1. The number of aryl methyl sites for hydroxylation is 1. The summed E-state index contributed by atoms with van der Waals surface area (Å²) in [4.78, 5) is 4.45. The summed E-state index contributed by atoms with van der Waals surface area (Å²) in [5.74, 6) is 1.30. The minimum atomic E-state index is 0.498. The summed E-state index contributed by atoms with van der Waals surface area (Å²) in [7, 11) is 0. The molecule has 1 aliphatic rings. The molecule has 0 spiro atoms. The Morgan fingerprint density at radius 1 is 1.45 bits per heavy atom. The number of nitrogens with one attached hydrogen (secondary N) is 2. The maximum atomic E-state index is 5.31. The Kier molecular flexibility index (Phi) is 4.08. The van der Waals surface area contributed by atoms with E-state index < -0.39 is 0 Å². The van der Waals surface area contributed by atoms with Crippen LogP contribution in [0.2, 0.25) is 0 Å². The van der Waals surface area contributed by atoms with Crippen molar-refractivity contribution in [3.05, 3.63) is 35.7 Å². The Labute approximate surface area is 118 Å². The predicted molar refractivity (Wildman–Crippen MR) is 77.2 cm³/mol. The van der Waals surface area contributed by atoms with Gasteiger partial charge in [-0.15, -0.1) is 0 Å². The second-order valence-corrected chi connectivity index (χ2v) is 5.31. The molecule has 106 valence electrons. The topological polar surface area (TPSA) is 63.0 Å². The Bertz CT molecular complexity index is 561. The van der Waals surface area contributed by atoms with Crippen LogP contribution in [0.25, 0.3) is 11.4 Å². The molecule has 5 heteroatoms. The molecule has 0 bridgehead atoms. The Morgan fingerprint density at radius 2 is 2.40 bits per heavy atom. The highest BCUT2D eigenvalue weighted by molar-refractivity contribution is 5.55. The van der Waals surface area contributed by atoms with E-state index in [2.05, 4.69) is 39.8 Å². The summed E-state index contributed by atoms with van der Waals surface area (Å²) in [6.07, 6.45) is 2.42. The number of aromatic nitrogens is 2. The van der Waals surface area contributed by atoms with Crippen molar-refractivity contribution in [2.45, 2.75) is 32.4 Å². The first kappa shape index (κ1) is 13.3. The number of rotatable bonds is 4. The molecular weight excluding hydrogens is 252 g/mol. The van der Waals surface area contributed by atoms with Crippen molar-refractivity contribution in [3.63, 3.8) is 0 Å². The highest BCUT2D eigenvalue weighted by atomic mass is 16.5. The number of nitrogens with zero attached hydrogens (tertiary/aromatic N) is 2. The fourth-order valence-electron chi connectivity index (χ4n) is 2.49. The monoisotopic (exact) mass is 272 g/mol. The molecule has 1 aliphatic heterocycles. The van der Waals surface area contributed by atoms with Crippen LogP contribution < -0.4 is 10.6 Å². The van der Waals surface area contributed by atoms with Gasteiger partial charge in [-0.1, -0.05) is 28.9 Å². The smallest absolute Gasteiger partial charge is 0.240 e. The molecule has 1 aromatic heterocycles. The van der Waals surface area contributed by atoms with E-state index >= 15 is 0 Å². The van der Waals surface area contributed by atoms with Crippen molar-refractivity contribution in [3.8, 4) is 11.4 Å². The maximum absolute atomic E-state index is 5.31. The summed E-state index contributed by atoms with van der Waals surface area (Å²) in [5, 5.41) is 10.9. The lowest BCUT2D eigenvalue weighted by Crippen LogP contribution is -2.42. The molecule has 2 aromatic rings. The summed E-state index contributed by atoms with van der Waals surface area (Å²) in [6, 6.07) is 8.63. The van der Waals surface area contributed by atoms with Gasteiger partial charge in [-0.3, -0.25) is 0 Å². The van der Waals surface area contributed by atoms with Gasteiger partial charge in [0.25, 0.3) is 0 Å². The minimum absolute atomic E-state index is 0.498. The fraction of sp³-hybridized carbons (Fsp3) is 0.467. The Balaban J connectivity index is 1.61. The van der Waals surface area contributed by atoms with Crippen molar-refractivity contribution in [1.82, 2.24) is 20.8 Å². The summed E-state index contributed by atoms with van der Waals surface area (Å²) < 4.78 is 5.31. The van der Waals surface area contributed by atoms with Crippen LogP contribution in [0.15, 0.2) is 28.8 Å². The SMILES string of the molecule is Cc1cccc(-c2noc(CNC3CCCNC3)n2)c1. The minimum Gasteiger partial charge on any atom is -0.338 e. The molecular formula is C15H20N4O.